The van der Waals surface area contributed by atoms with Crippen molar-refractivity contribution in [3.05, 3.63) is 29.6 Å². The highest BCUT2D eigenvalue weighted by Crippen LogP contribution is 2.15. The Balaban J connectivity index is 2.62. The molecule has 0 aromatic heterocycles. The van der Waals surface area contributed by atoms with Gasteiger partial charge in [0, 0.05) is 30.8 Å². The Morgan fingerprint density at radius 3 is 2.80 bits per heavy atom. The molecule has 0 heterocycles. The Bertz CT molecular complexity index is 317. The molecular formula is C11H17FN2O. The van der Waals surface area contributed by atoms with Crippen molar-refractivity contribution in [2.75, 3.05) is 13.7 Å². The van der Waals surface area contributed by atoms with Crippen LogP contribution in [-0.4, -0.2) is 19.7 Å². The van der Waals surface area contributed by atoms with E-state index in [1.807, 2.05) is 6.92 Å². The molecule has 0 spiro atoms. The van der Waals surface area contributed by atoms with Crippen LogP contribution < -0.4 is 15.8 Å². The summed E-state index contributed by atoms with van der Waals surface area (Å²) in [5.41, 5.74) is 6.07. The number of methoxy groups -OCH3 is 1. The highest BCUT2D eigenvalue weighted by Gasteiger charge is 2.05. The van der Waals surface area contributed by atoms with Gasteiger partial charge in [-0.05, 0) is 13.0 Å². The summed E-state index contributed by atoms with van der Waals surface area (Å²) >= 11 is 0. The van der Waals surface area contributed by atoms with Crippen molar-refractivity contribution in [2.24, 2.45) is 5.73 Å². The highest BCUT2D eigenvalue weighted by atomic mass is 19.1. The molecule has 1 aromatic rings. The number of nitrogens with two attached hydrogens (primary N) is 1. The molecule has 1 rings (SSSR count). The predicted octanol–water partition coefficient (Wildman–Crippen LogP) is 1.27. The smallest absolute Gasteiger partial charge is 0.131 e. The predicted molar refractivity (Wildman–Crippen MR) is 58.3 cm³/mol. The van der Waals surface area contributed by atoms with Gasteiger partial charge in [-0.15, -0.1) is 0 Å². The van der Waals surface area contributed by atoms with Crippen molar-refractivity contribution in [2.45, 2.75) is 19.5 Å². The monoisotopic (exact) mass is 212 g/mol. The van der Waals surface area contributed by atoms with E-state index in [2.05, 4.69) is 5.32 Å². The minimum Gasteiger partial charge on any atom is -0.497 e. The largest absolute Gasteiger partial charge is 0.497 e. The summed E-state index contributed by atoms with van der Waals surface area (Å²) in [4.78, 5) is 0. The summed E-state index contributed by atoms with van der Waals surface area (Å²) in [5.74, 6) is 0.272. The fraction of sp³-hybridized carbons (Fsp3) is 0.455. The van der Waals surface area contributed by atoms with Gasteiger partial charge in [0.05, 0.1) is 7.11 Å². The summed E-state index contributed by atoms with van der Waals surface area (Å²) in [6.07, 6.45) is 0. The molecule has 3 N–H and O–H groups in total. The second kappa shape index (κ2) is 5.68. The van der Waals surface area contributed by atoms with Crippen LogP contribution in [-0.2, 0) is 6.54 Å². The molecule has 1 aromatic carbocycles. The van der Waals surface area contributed by atoms with E-state index >= 15 is 0 Å². The lowest BCUT2D eigenvalue weighted by Crippen LogP contribution is -2.32. The van der Waals surface area contributed by atoms with Gasteiger partial charge in [-0.2, -0.15) is 0 Å². The quantitative estimate of drug-likeness (QED) is 0.772. The maximum absolute atomic E-state index is 13.4. The first-order valence-electron chi connectivity index (χ1n) is 4.93. The lowest BCUT2D eigenvalue weighted by Gasteiger charge is -2.12. The standard InChI is InChI=1S/C11H17FN2O/c1-8(6-13)14-7-9-3-4-10(15-2)5-11(9)12/h3-5,8,14H,6-7,13H2,1-2H3/t8-/m0/s1. The van der Waals surface area contributed by atoms with Crippen molar-refractivity contribution in [1.82, 2.24) is 5.32 Å². The van der Waals surface area contributed by atoms with Crippen LogP contribution in [0.15, 0.2) is 18.2 Å². The molecular weight excluding hydrogens is 195 g/mol. The first kappa shape index (κ1) is 11.9. The highest BCUT2D eigenvalue weighted by molar-refractivity contribution is 5.28. The van der Waals surface area contributed by atoms with Crippen LogP contribution >= 0.6 is 0 Å². The van der Waals surface area contributed by atoms with E-state index < -0.39 is 0 Å². The van der Waals surface area contributed by atoms with Gasteiger partial charge in [0.1, 0.15) is 11.6 Å². The normalized spacial score (nSPS) is 12.5. The number of hydrogen-bond donors (Lipinski definition) is 2. The third-order valence-electron chi connectivity index (χ3n) is 2.25. The number of ether oxygens (including phenoxy) is 1. The van der Waals surface area contributed by atoms with E-state index in [1.165, 1.54) is 13.2 Å². The molecule has 4 heteroatoms. The third kappa shape index (κ3) is 3.49. The van der Waals surface area contributed by atoms with Gasteiger partial charge < -0.3 is 15.8 Å². The molecule has 0 aliphatic heterocycles. The summed E-state index contributed by atoms with van der Waals surface area (Å²) in [6.45, 7) is 2.98. The van der Waals surface area contributed by atoms with Crippen LogP contribution in [0.5, 0.6) is 5.75 Å². The van der Waals surface area contributed by atoms with Crippen molar-refractivity contribution in [3.63, 3.8) is 0 Å². The average Bonchev–Trinajstić information content (AvgIpc) is 2.26. The van der Waals surface area contributed by atoms with E-state index in [1.54, 1.807) is 12.1 Å². The van der Waals surface area contributed by atoms with Crippen LogP contribution in [0, 0.1) is 5.82 Å². The van der Waals surface area contributed by atoms with E-state index in [0.29, 0.717) is 24.4 Å². The molecule has 3 nitrogen and oxygen atoms in total. The van der Waals surface area contributed by atoms with Crippen LogP contribution in [0.4, 0.5) is 4.39 Å². The summed E-state index contributed by atoms with van der Waals surface area (Å²) in [6, 6.07) is 5.02. The molecule has 0 fully saturated rings. The van der Waals surface area contributed by atoms with Crippen molar-refractivity contribution < 1.29 is 9.13 Å². The number of hydrogen-bond acceptors (Lipinski definition) is 3. The summed E-state index contributed by atoms with van der Waals surface area (Å²) in [7, 11) is 1.52. The van der Waals surface area contributed by atoms with Gasteiger partial charge in [0.15, 0.2) is 0 Å². The van der Waals surface area contributed by atoms with E-state index in [0.717, 1.165) is 0 Å². The fourth-order valence-electron chi connectivity index (χ4n) is 1.17. The molecule has 0 saturated heterocycles. The lowest BCUT2D eigenvalue weighted by atomic mass is 10.2. The molecule has 84 valence electrons. The first-order valence-corrected chi connectivity index (χ1v) is 4.93. The van der Waals surface area contributed by atoms with Crippen molar-refractivity contribution in [1.29, 1.82) is 0 Å². The zero-order valence-corrected chi connectivity index (χ0v) is 9.09. The van der Waals surface area contributed by atoms with Gasteiger partial charge in [-0.1, -0.05) is 6.07 Å². The number of benzene rings is 1. The maximum Gasteiger partial charge on any atom is 0.131 e. The maximum atomic E-state index is 13.4. The lowest BCUT2D eigenvalue weighted by molar-refractivity contribution is 0.410. The Labute approximate surface area is 89.4 Å². The average molecular weight is 212 g/mol. The van der Waals surface area contributed by atoms with Crippen molar-refractivity contribution >= 4 is 0 Å². The second-order valence-corrected chi connectivity index (χ2v) is 3.47. The number of nitrogens with one attached hydrogen (secondary N) is 1. The molecule has 0 unspecified atom stereocenters. The van der Waals surface area contributed by atoms with E-state index in [9.17, 15) is 4.39 Å². The van der Waals surface area contributed by atoms with Crippen molar-refractivity contribution in [3.8, 4) is 5.75 Å². The molecule has 15 heavy (non-hydrogen) atoms. The van der Waals surface area contributed by atoms with E-state index in [-0.39, 0.29) is 11.9 Å². The SMILES string of the molecule is COc1ccc(CN[C@@H](C)CN)c(F)c1. The summed E-state index contributed by atoms with van der Waals surface area (Å²) < 4.78 is 18.4. The minimum absolute atomic E-state index is 0.187. The molecule has 0 aliphatic carbocycles. The van der Waals surface area contributed by atoms with Crippen LogP contribution in [0.3, 0.4) is 0 Å². The fourth-order valence-corrected chi connectivity index (χ4v) is 1.17. The Morgan fingerprint density at radius 2 is 2.27 bits per heavy atom. The zero-order valence-electron chi connectivity index (χ0n) is 9.09. The molecule has 0 amide bonds. The van der Waals surface area contributed by atoms with Gasteiger partial charge in [0.2, 0.25) is 0 Å². The molecule has 0 radical (unpaired) electrons. The molecule has 1 atom stereocenters. The van der Waals surface area contributed by atoms with Gasteiger partial charge in [-0.25, -0.2) is 4.39 Å². The summed E-state index contributed by atoms with van der Waals surface area (Å²) in [5, 5.41) is 3.12. The van der Waals surface area contributed by atoms with E-state index in [4.69, 9.17) is 10.5 Å². The second-order valence-electron chi connectivity index (χ2n) is 3.47. The first-order chi connectivity index (χ1) is 7.17. The third-order valence-corrected chi connectivity index (χ3v) is 2.25. The zero-order chi connectivity index (χ0) is 11.3. The van der Waals surface area contributed by atoms with Crippen LogP contribution in [0.1, 0.15) is 12.5 Å². The molecule has 0 bridgehead atoms. The van der Waals surface area contributed by atoms with Gasteiger partial charge in [-0.3, -0.25) is 0 Å². The number of rotatable bonds is 5. The molecule has 0 aliphatic rings. The van der Waals surface area contributed by atoms with Crippen LogP contribution in [0.2, 0.25) is 0 Å². The van der Waals surface area contributed by atoms with Crippen LogP contribution in [0.25, 0.3) is 0 Å². The Hall–Kier alpha value is -1.13. The Morgan fingerprint density at radius 1 is 1.53 bits per heavy atom. The molecule has 0 saturated carbocycles. The Kier molecular flexibility index (Phi) is 4.52. The van der Waals surface area contributed by atoms with Gasteiger partial charge >= 0.3 is 0 Å². The van der Waals surface area contributed by atoms with Gasteiger partial charge in [0.25, 0.3) is 0 Å². The topological polar surface area (TPSA) is 47.3 Å². The minimum atomic E-state index is -0.258. The number of halogens is 1.